The lowest BCUT2D eigenvalue weighted by atomic mass is 10.0. The third-order valence-electron chi connectivity index (χ3n) is 4.80. The summed E-state index contributed by atoms with van der Waals surface area (Å²) in [6, 6.07) is 2.19. The van der Waals surface area contributed by atoms with Crippen LogP contribution in [0.25, 0.3) is 0 Å². The molecular weight excluding hydrogens is 328 g/mol. The quantitative estimate of drug-likeness (QED) is 0.791. The Kier molecular flexibility index (Phi) is 4.76. The predicted octanol–water partition coefficient (Wildman–Crippen LogP) is 0.647. The Labute approximate surface area is 143 Å². The molecular formula is C16H24N4O3S. The lowest BCUT2D eigenvalue weighted by Gasteiger charge is -2.37. The summed E-state index contributed by atoms with van der Waals surface area (Å²) in [5.74, 6) is 1.08. The van der Waals surface area contributed by atoms with Gasteiger partial charge >= 0.3 is 0 Å². The second-order valence-electron chi connectivity index (χ2n) is 6.94. The van der Waals surface area contributed by atoms with Crippen molar-refractivity contribution in [3.8, 4) is 0 Å². The molecule has 1 aromatic rings. The normalized spacial score (nSPS) is 23.1. The lowest BCUT2D eigenvalue weighted by Crippen LogP contribution is -2.46. The average molecular weight is 352 g/mol. The van der Waals surface area contributed by atoms with Crippen LogP contribution < -0.4 is 4.90 Å². The fraction of sp³-hybridized carbons (Fsp3) is 0.688. The highest BCUT2D eigenvalue weighted by Crippen LogP contribution is 2.27. The van der Waals surface area contributed by atoms with E-state index < -0.39 is 9.84 Å². The molecule has 1 unspecified atom stereocenters. The Balaban J connectivity index is 1.58. The average Bonchev–Trinajstić information content (AvgIpc) is 2.86. The summed E-state index contributed by atoms with van der Waals surface area (Å²) in [7, 11) is -3.04. The molecule has 3 rings (SSSR count). The van der Waals surface area contributed by atoms with Crippen LogP contribution in [0.3, 0.4) is 0 Å². The number of hydrogen-bond acceptors (Lipinski definition) is 6. The minimum Gasteiger partial charge on any atom is -0.356 e. The van der Waals surface area contributed by atoms with Gasteiger partial charge in [0, 0.05) is 50.1 Å². The van der Waals surface area contributed by atoms with Crippen molar-refractivity contribution in [2.24, 2.45) is 5.92 Å². The molecule has 3 heterocycles. The van der Waals surface area contributed by atoms with Crippen LogP contribution in [0.15, 0.2) is 12.4 Å². The first kappa shape index (κ1) is 17.1. The van der Waals surface area contributed by atoms with Crippen molar-refractivity contribution in [3.63, 3.8) is 0 Å². The van der Waals surface area contributed by atoms with Gasteiger partial charge in [0.25, 0.3) is 0 Å². The van der Waals surface area contributed by atoms with E-state index in [4.69, 9.17) is 0 Å². The van der Waals surface area contributed by atoms with Gasteiger partial charge in [0.2, 0.25) is 5.91 Å². The molecule has 2 saturated heterocycles. The summed E-state index contributed by atoms with van der Waals surface area (Å²) in [5, 5.41) is 0. The van der Waals surface area contributed by atoms with E-state index in [9.17, 15) is 13.2 Å². The van der Waals surface area contributed by atoms with E-state index in [1.807, 2.05) is 17.9 Å². The second kappa shape index (κ2) is 6.66. The highest BCUT2D eigenvalue weighted by Gasteiger charge is 2.37. The molecule has 2 fully saturated rings. The number of hydrogen-bond donors (Lipinski definition) is 0. The van der Waals surface area contributed by atoms with Crippen molar-refractivity contribution < 1.29 is 13.2 Å². The number of rotatable bonds is 4. The fourth-order valence-electron chi connectivity index (χ4n) is 3.72. The molecule has 0 aliphatic carbocycles. The number of aromatic nitrogens is 2. The van der Waals surface area contributed by atoms with E-state index in [2.05, 4.69) is 14.9 Å². The van der Waals surface area contributed by atoms with Crippen LogP contribution in [0.5, 0.6) is 0 Å². The highest BCUT2D eigenvalue weighted by atomic mass is 32.2. The number of aryl methyl sites for hydroxylation is 1. The number of amides is 1. The van der Waals surface area contributed by atoms with Gasteiger partial charge in [0.15, 0.2) is 0 Å². The molecule has 7 nitrogen and oxygen atoms in total. The van der Waals surface area contributed by atoms with Crippen molar-refractivity contribution in [2.45, 2.75) is 32.2 Å². The maximum Gasteiger partial charge on any atom is 0.223 e. The van der Waals surface area contributed by atoms with E-state index in [0.29, 0.717) is 13.0 Å². The van der Waals surface area contributed by atoms with Gasteiger partial charge in [-0.3, -0.25) is 4.79 Å². The number of sulfone groups is 1. The minimum atomic E-state index is -3.04. The number of piperidine rings is 1. The minimum absolute atomic E-state index is 0.0601. The van der Waals surface area contributed by atoms with Crippen LogP contribution in [-0.2, 0) is 14.6 Å². The monoisotopic (exact) mass is 352 g/mol. The maximum absolute atomic E-state index is 12.3. The third kappa shape index (κ3) is 4.03. The molecule has 0 bridgehead atoms. The van der Waals surface area contributed by atoms with Crippen LogP contribution >= 0.6 is 0 Å². The van der Waals surface area contributed by atoms with Gasteiger partial charge in [0.05, 0.1) is 5.75 Å². The van der Waals surface area contributed by atoms with Crippen LogP contribution in [0.4, 0.5) is 5.82 Å². The Morgan fingerprint density at radius 3 is 2.58 bits per heavy atom. The van der Waals surface area contributed by atoms with Crippen molar-refractivity contribution >= 4 is 21.6 Å². The van der Waals surface area contributed by atoms with Gasteiger partial charge in [-0.1, -0.05) is 0 Å². The summed E-state index contributed by atoms with van der Waals surface area (Å²) < 4.78 is 22.9. The summed E-state index contributed by atoms with van der Waals surface area (Å²) in [4.78, 5) is 24.8. The molecule has 0 aromatic carbocycles. The van der Waals surface area contributed by atoms with E-state index in [1.54, 1.807) is 6.33 Å². The molecule has 2 aliphatic rings. The van der Waals surface area contributed by atoms with E-state index >= 15 is 0 Å². The van der Waals surface area contributed by atoms with Crippen molar-refractivity contribution in [3.05, 3.63) is 18.1 Å². The topological polar surface area (TPSA) is 83.5 Å². The molecule has 8 heteroatoms. The lowest BCUT2D eigenvalue weighted by molar-refractivity contribution is -0.130. The van der Waals surface area contributed by atoms with Crippen LogP contribution in [-0.4, -0.2) is 66.9 Å². The first-order chi connectivity index (χ1) is 11.3. The third-order valence-corrected chi connectivity index (χ3v) is 5.87. The number of carbonyl (C=O) groups excluding carboxylic acids is 1. The number of carbonyl (C=O) groups is 1. The van der Waals surface area contributed by atoms with Gasteiger partial charge in [-0.25, -0.2) is 18.4 Å². The summed E-state index contributed by atoms with van der Waals surface area (Å²) in [6.07, 6.45) is 4.96. The molecule has 0 spiro atoms. The van der Waals surface area contributed by atoms with E-state index in [-0.39, 0.29) is 23.6 Å². The van der Waals surface area contributed by atoms with Gasteiger partial charge in [-0.2, -0.15) is 0 Å². The van der Waals surface area contributed by atoms with Crippen LogP contribution in [0.2, 0.25) is 0 Å². The summed E-state index contributed by atoms with van der Waals surface area (Å²) >= 11 is 0. The summed E-state index contributed by atoms with van der Waals surface area (Å²) in [6.45, 7) is 4.22. The zero-order valence-electron chi connectivity index (χ0n) is 14.2. The Morgan fingerprint density at radius 1 is 1.25 bits per heavy atom. The zero-order chi connectivity index (χ0) is 17.3. The number of anilines is 1. The number of nitrogens with zero attached hydrogens (tertiary/aromatic N) is 4. The van der Waals surface area contributed by atoms with Gasteiger partial charge < -0.3 is 9.80 Å². The van der Waals surface area contributed by atoms with Gasteiger partial charge in [-0.15, -0.1) is 0 Å². The molecule has 1 atom stereocenters. The molecule has 24 heavy (non-hydrogen) atoms. The zero-order valence-corrected chi connectivity index (χ0v) is 15.0. The smallest absolute Gasteiger partial charge is 0.223 e. The largest absolute Gasteiger partial charge is 0.356 e. The van der Waals surface area contributed by atoms with Crippen LogP contribution in [0.1, 0.15) is 25.0 Å². The highest BCUT2D eigenvalue weighted by molar-refractivity contribution is 7.90. The molecule has 2 aliphatic heterocycles. The summed E-state index contributed by atoms with van der Waals surface area (Å²) in [5.41, 5.74) is 0.945. The van der Waals surface area contributed by atoms with E-state index in [0.717, 1.165) is 37.4 Å². The first-order valence-corrected chi connectivity index (χ1v) is 10.4. The predicted molar refractivity (Wildman–Crippen MR) is 91.5 cm³/mol. The molecule has 0 N–H and O–H groups in total. The van der Waals surface area contributed by atoms with Crippen LogP contribution in [0, 0.1) is 12.8 Å². The van der Waals surface area contributed by atoms with Gasteiger partial charge in [-0.05, 0) is 25.7 Å². The molecule has 132 valence electrons. The molecule has 0 saturated carbocycles. The standard InChI is InChI=1S/C16H24N4O3S/c1-12-7-15(18-11-17-12)19-5-3-14(4-6-19)20-9-13(8-16(20)21)10-24(2,22)23/h7,11,13-14H,3-6,8-10H2,1-2H3. The Hall–Kier alpha value is -1.70. The van der Waals surface area contributed by atoms with Crippen molar-refractivity contribution in [2.75, 3.05) is 36.5 Å². The second-order valence-corrected chi connectivity index (χ2v) is 9.13. The molecule has 1 amide bonds. The maximum atomic E-state index is 12.3. The molecule has 0 radical (unpaired) electrons. The fourth-order valence-corrected chi connectivity index (χ4v) is 4.80. The van der Waals surface area contributed by atoms with Crippen molar-refractivity contribution in [1.29, 1.82) is 0 Å². The van der Waals surface area contributed by atoms with Gasteiger partial charge in [0.1, 0.15) is 22.0 Å². The Morgan fingerprint density at radius 2 is 1.96 bits per heavy atom. The Bertz CT molecular complexity index is 714. The SMILES string of the molecule is Cc1cc(N2CCC(N3CC(CS(C)(=O)=O)CC3=O)CC2)ncn1. The molecule has 1 aromatic heterocycles. The first-order valence-electron chi connectivity index (χ1n) is 8.32. The van der Waals surface area contributed by atoms with Crippen molar-refractivity contribution in [1.82, 2.24) is 14.9 Å². The van der Waals surface area contributed by atoms with E-state index in [1.165, 1.54) is 6.26 Å². The number of likely N-dealkylation sites (tertiary alicyclic amines) is 1.